The lowest BCUT2D eigenvalue weighted by atomic mass is 9.94. The first-order valence-electron chi connectivity index (χ1n) is 6.69. The van der Waals surface area contributed by atoms with Crippen molar-refractivity contribution < 1.29 is 0 Å². The summed E-state index contributed by atoms with van der Waals surface area (Å²) in [5, 5.41) is 3.69. The molecule has 0 aromatic carbocycles. The van der Waals surface area contributed by atoms with Crippen LogP contribution in [0.15, 0.2) is 0 Å². The molecule has 0 aromatic rings. The maximum Gasteiger partial charge on any atom is 0.00955 e. The Morgan fingerprint density at radius 2 is 2.00 bits per heavy atom. The second kappa shape index (κ2) is 8.46. The number of hydrogen-bond donors (Lipinski definition) is 1. The predicted octanol–water partition coefficient (Wildman–Crippen LogP) is 3.69. The van der Waals surface area contributed by atoms with Crippen molar-refractivity contribution in [2.75, 3.05) is 18.1 Å². The van der Waals surface area contributed by atoms with Gasteiger partial charge in [0.25, 0.3) is 0 Å². The van der Waals surface area contributed by atoms with Crippen molar-refractivity contribution in [3.05, 3.63) is 0 Å². The Morgan fingerprint density at radius 1 is 1.27 bits per heavy atom. The van der Waals surface area contributed by atoms with Crippen LogP contribution in [0.1, 0.15) is 52.4 Å². The van der Waals surface area contributed by atoms with Crippen LogP contribution in [-0.4, -0.2) is 24.1 Å². The second-order valence-corrected chi connectivity index (χ2v) is 5.94. The van der Waals surface area contributed by atoms with Gasteiger partial charge in [-0.25, -0.2) is 0 Å². The number of hydrogen-bond acceptors (Lipinski definition) is 2. The maximum atomic E-state index is 3.69. The molecule has 0 amide bonds. The lowest BCUT2D eigenvalue weighted by Gasteiger charge is -2.24. The van der Waals surface area contributed by atoms with Crippen LogP contribution in [0.25, 0.3) is 0 Å². The van der Waals surface area contributed by atoms with Crippen molar-refractivity contribution in [2.45, 2.75) is 58.4 Å². The molecule has 1 atom stereocenters. The van der Waals surface area contributed by atoms with Crippen molar-refractivity contribution in [3.8, 4) is 0 Å². The Bertz CT molecular complexity index is 143. The van der Waals surface area contributed by atoms with E-state index in [-0.39, 0.29) is 0 Å². The van der Waals surface area contributed by atoms with Crippen LogP contribution >= 0.6 is 11.8 Å². The highest BCUT2D eigenvalue weighted by molar-refractivity contribution is 7.99. The standard InChI is InChI=1S/C13H27NS/c1-3-14-13(10-7-11-15-4-2)12-8-5-6-9-12/h12-14H,3-11H2,1-2H3. The van der Waals surface area contributed by atoms with Crippen LogP contribution in [0.4, 0.5) is 0 Å². The predicted molar refractivity (Wildman–Crippen MR) is 71.7 cm³/mol. The van der Waals surface area contributed by atoms with E-state index in [4.69, 9.17) is 0 Å². The maximum absolute atomic E-state index is 3.69. The van der Waals surface area contributed by atoms with Gasteiger partial charge in [0.1, 0.15) is 0 Å². The normalized spacial score (nSPS) is 19.6. The third kappa shape index (κ3) is 5.26. The van der Waals surface area contributed by atoms with E-state index in [1.54, 1.807) is 0 Å². The minimum atomic E-state index is 0.815. The Labute approximate surface area is 99.8 Å². The van der Waals surface area contributed by atoms with E-state index in [1.807, 2.05) is 0 Å². The molecule has 1 aliphatic carbocycles. The summed E-state index contributed by atoms with van der Waals surface area (Å²) >= 11 is 2.08. The van der Waals surface area contributed by atoms with Crippen molar-refractivity contribution in [1.82, 2.24) is 5.32 Å². The molecular weight excluding hydrogens is 202 g/mol. The molecule has 15 heavy (non-hydrogen) atoms. The van der Waals surface area contributed by atoms with Crippen LogP contribution in [-0.2, 0) is 0 Å². The molecule has 0 radical (unpaired) electrons. The fourth-order valence-electron chi connectivity index (χ4n) is 2.68. The quantitative estimate of drug-likeness (QED) is 0.637. The van der Waals surface area contributed by atoms with E-state index >= 15 is 0 Å². The molecule has 1 saturated carbocycles. The summed E-state index contributed by atoms with van der Waals surface area (Å²) in [5.74, 6) is 3.61. The highest BCUT2D eigenvalue weighted by Crippen LogP contribution is 2.29. The molecule has 2 heteroatoms. The Morgan fingerprint density at radius 3 is 2.60 bits per heavy atom. The molecule has 1 N–H and O–H groups in total. The minimum absolute atomic E-state index is 0.815. The van der Waals surface area contributed by atoms with E-state index in [0.29, 0.717) is 0 Å². The Balaban J connectivity index is 2.17. The molecule has 0 heterocycles. The van der Waals surface area contributed by atoms with Crippen LogP contribution in [0.2, 0.25) is 0 Å². The molecule has 0 saturated heterocycles. The SMILES string of the molecule is CCNC(CCCSCC)C1CCCC1. The van der Waals surface area contributed by atoms with Crippen molar-refractivity contribution >= 4 is 11.8 Å². The largest absolute Gasteiger partial charge is 0.314 e. The van der Waals surface area contributed by atoms with Gasteiger partial charge in [0.15, 0.2) is 0 Å². The molecule has 0 aliphatic heterocycles. The van der Waals surface area contributed by atoms with E-state index in [2.05, 4.69) is 30.9 Å². The molecular formula is C13H27NS. The Kier molecular flexibility index (Phi) is 7.54. The average Bonchev–Trinajstić information content (AvgIpc) is 2.76. The molecule has 0 aromatic heterocycles. The van der Waals surface area contributed by atoms with E-state index < -0.39 is 0 Å². The van der Waals surface area contributed by atoms with Crippen LogP contribution in [0, 0.1) is 5.92 Å². The molecule has 1 rings (SSSR count). The van der Waals surface area contributed by atoms with Crippen molar-refractivity contribution in [2.24, 2.45) is 5.92 Å². The molecule has 90 valence electrons. The highest BCUT2D eigenvalue weighted by atomic mass is 32.2. The zero-order valence-corrected chi connectivity index (χ0v) is 11.2. The number of thioether (sulfide) groups is 1. The van der Waals surface area contributed by atoms with Gasteiger partial charge in [-0.2, -0.15) is 11.8 Å². The number of rotatable bonds is 8. The van der Waals surface area contributed by atoms with Gasteiger partial charge in [0.2, 0.25) is 0 Å². The van der Waals surface area contributed by atoms with E-state index in [9.17, 15) is 0 Å². The van der Waals surface area contributed by atoms with Crippen LogP contribution in [0.3, 0.4) is 0 Å². The smallest absolute Gasteiger partial charge is 0.00955 e. The van der Waals surface area contributed by atoms with Crippen molar-refractivity contribution in [1.29, 1.82) is 0 Å². The average molecular weight is 229 g/mol. The second-order valence-electron chi connectivity index (χ2n) is 4.55. The summed E-state index contributed by atoms with van der Waals surface area (Å²) in [6.07, 6.45) is 8.67. The van der Waals surface area contributed by atoms with Gasteiger partial charge in [0.05, 0.1) is 0 Å². The molecule has 0 bridgehead atoms. The minimum Gasteiger partial charge on any atom is -0.314 e. The van der Waals surface area contributed by atoms with Crippen LogP contribution < -0.4 is 5.32 Å². The van der Waals surface area contributed by atoms with Gasteiger partial charge >= 0.3 is 0 Å². The molecule has 1 aliphatic rings. The topological polar surface area (TPSA) is 12.0 Å². The van der Waals surface area contributed by atoms with Gasteiger partial charge in [-0.15, -0.1) is 0 Å². The van der Waals surface area contributed by atoms with Gasteiger partial charge in [-0.3, -0.25) is 0 Å². The first-order chi connectivity index (χ1) is 7.38. The highest BCUT2D eigenvalue weighted by Gasteiger charge is 2.23. The summed E-state index contributed by atoms with van der Waals surface area (Å²) < 4.78 is 0. The lowest BCUT2D eigenvalue weighted by molar-refractivity contribution is 0.344. The first kappa shape index (κ1) is 13.4. The Hall–Kier alpha value is 0.310. The summed E-state index contributed by atoms with van der Waals surface area (Å²) in [7, 11) is 0. The van der Waals surface area contributed by atoms with E-state index in [0.717, 1.165) is 18.5 Å². The van der Waals surface area contributed by atoms with Crippen molar-refractivity contribution in [3.63, 3.8) is 0 Å². The van der Waals surface area contributed by atoms with Gasteiger partial charge in [-0.1, -0.05) is 26.7 Å². The summed E-state index contributed by atoms with van der Waals surface area (Å²) in [6.45, 7) is 5.63. The zero-order valence-electron chi connectivity index (χ0n) is 10.4. The van der Waals surface area contributed by atoms with E-state index in [1.165, 1.54) is 50.0 Å². The fourth-order valence-corrected chi connectivity index (χ4v) is 3.34. The van der Waals surface area contributed by atoms with Gasteiger partial charge in [-0.05, 0) is 49.7 Å². The van der Waals surface area contributed by atoms with Gasteiger partial charge < -0.3 is 5.32 Å². The summed E-state index contributed by atoms with van der Waals surface area (Å²) in [5.41, 5.74) is 0. The molecule has 0 spiro atoms. The summed E-state index contributed by atoms with van der Waals surface area (Å²) in [4.78, 5) is 0. The third-order valence-corrected chi connectivity index (χ3v) is 4.43. The van der Waals surface area contributed by atoms with Crippen LogP contribution in [0.5, 0.6) is 0 Å². The fraction of sp³-hybridized carbons (Fsp3) is 1.00. The zero-order chi connectivity index (χ0) is 10.9. The lowest BCUT2D eigenvalue weighted by Crippen LogP contribution is -2.35. The van der Waals surface area contributed by atoms with Gasteiger partial charge in [0, 0.05) is 6.04 Å². The number of nitrogens with one attached hydrogen (secondary N) is 1. The third-order valence-electron chi connectivity index (χ3n) is 3.44. The first-order valence-corrected chi connectivity index (χ1v) is 7.85. The molecule has 1 fully saturated rings. The summed E-state index contributed by atoms with van der Waals surface area (Å²) in [6, 6.07) is 0.815. The monoisotopic (exact) mass is 229 g/mol. The molecule has 1 unspecified atom stereocenters. The molecule has 1 nitrogen and oxygen atoms in total.